The molecule has 1 aliphatic rings. The first-order chi connectivity index (χ1) is 18.8. The molecule has 0 saturated heterocycles. The maximum Gasteiger partial charge on any atom is 0.335 e. The molecule has 3 aromatic rings. The first-order valence-corrected chi connectivity index (χ1v) is 13.4. The number of para-hydroxylation sites is 3. The number of hydrogen-bond donors (Lipinski definition) is 2. The van der Waals surface area contributed by atoms with Gasteiger partial charge in [-0.05, 0) is 55.5 Å². The quantitative estimate of drug-likeness (QED) is 0.343. The first kappa shape index (κ1) is 27.6. The molecule has 0 fully saturated rings. The zero-order valence-corrected chi connectivity index (χ0v) is 22.1. The van der Waals surface area contributed by atoms with E-state index in [9.17, 15) is 23.1 Å². The van der Waals surface area contributed by atoms with Gasteiger partial charge in [0.15, 0.2) is 5.84 Å². The second kappa shape index (κ2) is 12.0. The zero-order chi connectivity index (χ0) is 28.0. The number of amidine groups is 1. The number of nitrogens with zero attached hydrogens (tertiary/aromatic N) is 2. The molecule has 1 atom stereocenters. The lowest BCUT2D eigenvalue weighted by Gasteiger charge is -2.33. The number of methoxy groups -OCH3 is 1. The molecular formula is C27H27N3O8S. The van der Waals surface area contributed by atoms with Crippen LogP contribution in [-0.4, -0.2) is 68.5 Å². The van der Waals surface area contributed by atoms with Gasteiger partial charge >= 0.3 is 5.97 Å². The Kier molecular flexibility index (Phi) is 8.47. The van der Waals surface area contributed by atoms with E-state index in [2.05, 4.69) is 10.3 Å². The Morgan fingerprint density at radius 3 is 2.41 bits per heavy atom. The smallest absolute Gasteiger partial charge is 0.335 e. The number of carboxylic acids is 1. The number of carbonyl (C=O) groups is 2. The Bertz CT molecular complexity index is 1490. The number of carboxylic acid groups (broad SMARTS) is 1. The number of ether oxygens (including phenoxy) is 3. The summed E-state index contributed by atoms with van der Waals surface area (Å²) in [5.41, 5.74) is 0.502. The molecule has 2 N–H and O–H groups in total. The van der Waals surface area contributed by atoms with Crippen LogP contribution in [0, 0.1) is 0 Å². The van der Waals surface area contributed by atoms with Crippen LogP contribution in [0.15, 0.2) is 82.7 Å². The van der Waals surface area contributed by atoms with E-state index in [1.807, 2.05) is 0 Å². The third-order valence-electron chi connectivity index (χ3n) is 5.76. The molecule has 1 aliphatic heterocycles. The van der Waals surface area contributed by atoms with Gasteiger partial charge in [-0.2, -0.15) is 0 Å². The summed E-state index contributed by atoms with van der Waals surface area (Å²) >= 11 is 0. The Balaban J connectivity index is 1.81. The maximum atomic E-state index is 13.7. The third-order valence-corrected chi connectivity index (χ3v) is 7.61. The predicted molar refractivity (Wildman–Crippen MR) is 143 cm³/mol. The van der Waals surface area contributed by atoms with Gasteiger partial charge in [-0.25, -0.2) is 22.5 Å². The van der Waals surface area contributed by atoms with Crippen LogP contribution in [0.25, 0.3) is 0 Å². The monoisotopic (exact) mass is 553 g/mol. The van der Waals surface area contributed by atoms with Crippen molar-refractivity contribution in [2.24, 2.45) is 4.99 Å². The van der Waals surface area contributed by atoms with E-state index in [0.717, 1.165) is 4.31 Å². The summed E-state index contributed by atoms with van der Waals surface area (Å²) in [7, 11) is -2.68. The van der Waals surface area contributed by atoms with Crippen LogP contribution in [0.4, 0.5) is 11.4 Å². The Hall–Kier alpha value is -4.42. The molecule has 11 nitrogen and oxygen atoms in total. The minimum absolute atomic E-state index is 0.0139. The standard InChI is InChI=1S/C27H27N3O8S/c1-3-37-17-16-30-25(28-21-9-5-7-11-23(21)39(30,34)35)24(38-19-14-12-18(13-15-19)27(32)33)26(31)29-20-8-4-6-10-22(20)36-2/h4-15,24H,3,16-17H2,1-2H3,(H,29,31)(H,32,33). The molecule has 39 heavy (non-hydrogen) atoms. The van der Waals surface area contributed by atoms with Crippen molar-refractivity contribution in [1.82, 2.24) is 4.31 Å². The van der Waals surface area contributed by atoms with Crippen LogP contribution in [-0.2, 0) is 19.6 Å². The van der Waals surface area contributed by atoms with E-state index < -0.39 is 28.0 Å². The van der Waals surface area contributed by atoms with Crippen molar-refractivity contribution in [3.05, 3.63) is 78.4 Å². The van der Waals surface area contributed by atoms with Gasteiger partial charge in [0.1, 0.15) is 16.4 Å². The summed E-state index contributed by atoms with van der Waals surface area (Å²) in [5.74, 6) is -1.52. The number of sulfonamides is 1. The largest absolute Gasteiger partial charge is 0.495 e. The molecule has 12 heteroatoms. The molecule has 4 rings (SSSR count). The predicted octanol–water partition coefficient (Wildman–Crippen LogP) is 3.55. The van der Waals surface area contributed by atoms with Crippen LogP contribution >= 0.6 is 0 Å². The fourth-order valence-electron chi connectivity index (χ4n) is 3.89. The van der Waals surface area contributed by atoms with Gasteiger partial charge in [0, 0.05) is 6.61 Å². The minimum Gasteiger partial charge on any atom is -0.495 e. The number of rotatable bonds is 11. The number of aromatic carboxylic acids is 1. The topological polar surface area (TPSA) is 144 Å². The lowest BCUT2D eigenvalue weighted by Crippen LogP contribution is -2.52. The third kappa shape index (κ3) is 6.02. The van der Waals surface area contributed by atoms with Crippen LogP contribution in [0.3, 0.4) is 0 Å². The molecule has 0 saturated carbocycles. The maximum absolute atomic E-state index is 13.7. The van der Waals surface area contributed by atoms with E-state index in [1.165, 1.54) is 43.5 Å². The second-order valence-electron chi connectivity index (χ2n) is 8.23. The van der Waals surface area contributed by atoms with E-state index in [1.54, 1.807) is 43.3 Å². The number of benzene rings is 3. The van der Waals surface area contributed by atoms with Gasteiger partial charge in [0.05, 0.1) is 37.2 Å². The van der Waals surface area contributed by atoms with Gasteiger partial charge in [-0.1, -0.05) is 24.3 Å². The summed E-state index contributed by atoms with van der Waals surface area (Å²) < 4.78 is 45.1. The second-order valence-corrected chi connectivity index (χ2v) is 10.1. The molecule has 0 radical (unpaired) electrons. The zero-order valence-electron chi connectivity index (χ0n) is 21.2. The summed E-state index contributed by atoms with van der Waals surface area (Å²) in [4.78, 5) is 29.6. The molecular weight excluding hydrogens is 526 g/mol. The lowest BCUT2D eigenvalue weighted by molar-refractivity contribution is -0.120. The van der Waals surface area contributed by atoms with E-state index in [4.69, 9.17) is 14.2 Å². The highest BCUT2D eigenvalue weighted by Crippen LogP contribution is 2.34. The van der Waals surface area contributed by atoms with Crippen molar-refractivity contribution in [1.29, 1.82) is 0 Å². The van der Waals surface area contributed by atoms with Crippen molar-refractivity contribution in [3.63, 3.8) is 0 Å². The summed E-state index contributed by atoms with van der Waals surface area (Å²) in [6, 6.07) is 18.3. The van der Waals surface area contributed by atoms with Crippen molar-refractivity contribution in [3.8, 4) is 11.5 Å². The van der Waals surface area contributed by atoms with Crippen molar-refractivity contribution < 1.29 is 37.3 Å². The minimum atomic E-state index is -4.13. The van der Waals surface area contributed by atoms with Gasteiger partial charge in [0.2, 0.25) is 6.10 Å². The molecule has 0 spiro atoms. The number of amides is 1. The summed E-state index contributed by atoms with van der Waals surface area (Å²) in [5, 5.41) is 12.0. The van der Waals surface area contributed by atoms with Gasteiger partial charge in [-0.15, -0.1) is 0 Å². The summed E-state index contributed by atoms with van der Waals surface area (Å²) in [6.45, 7) is 2.07. The number of fused-ring (bicyclic) bond motifs is 1. The molecule has 1 amide bonds. The van der Waals surface area contributed by atoms with E-state index >= 15 is 0 Å². The molecule has 204 valence electrons. The first-order valence-electron chi connectivity index (χ1n) is 12.0. The molecule has 3 aromatic carbocycles. The van der Waals surface area contributed by atoms with Crippen molar-refractivity contribution in [2.75, 3.05) is 32.2 Å². The highest BCUT2D eigenvalue weighted by molar-refractivity contribution is 7.90. The summed E-state index contributed by atoms with van der Waals surface area (Å²) in [6.07, 6.45) is -1.56. The fourth-order valence-corrected chi connectivity index (χ4v) is 5.45. The molecule has 0 aliphatic carbocycles. The van der Waals surface area contributed by atoms with Crippen molar-refractivity contribution in [2.45, 2.75) is 17.9 Å². The van der Waals surface area contributed by atoms with Crippen molar-refractivity contribution >= 4 is 39.1 Å². The highest BCUT2D eigenvalue weighted by atomic mass is 32.2. The Morgan fingerprint density at radius 2 is 1.72 bits per heavy atom. The van der Waals surface area contributed by atoms with E-state index in [0.29, 0.717) is 18.0 Å². The molecule has 1 unspecified atom stereocenters. The molecule has 1 heterocycles. The van der Waals surface area contributed by atoms with Crippen LogP contribution in [0.1, 0.15) is 17.3 Å². The van der Waals surface area contributed by atoms with Gasteiger partial charge in [-0.3, -0.25) is 4.79 Å². The van der Waals surface area contributed by atoms with Crippen LogP contribution in [0.5, 0.6) is 11.5 Å². The fraction of sp³-hybridized carbons (Fsp3) is 0.222. The molecule has 0 aromatic heterocycles. The number of nitrogens with one attached hydrogen (secondary N) is 1. The number of hydrogen-bond acceptors (Lipinski definition) is 8. The Labute approximate surface area is 225 Å². The number of anilines is 1. The average Bonchev–Trinajstić information content (AvgIpc) is 2.93. The number of carbonyl (C=O) groups excluding carboxylic acids is 1. The number of aliphatic imine (C=N–C) groups is 1. The highest BCUT2D eigenvalue weighted by Gasteiger charge is 2.41. The van der Waals surface area contributed by atoms with Crippen LogP contribution < -0.4 is 14.8 Å². The Morgan fingerprint density at radius 1 is 1.03 bits per heavy atom. The molecule has 0 bridgehead atoms. The lowest BCUT2D eigenvalue weighted by atomic mass is 10.2. The average molecular weight is 554 g/mol. The normalized spacial score (nSPS) is 14.5. The van der Waals surface area contributed by atoms with Gasteiger partial charge in [0.25, 0.3) is 15.9 Å². The van der Waals surface area contributed by atoms with Gasteiger partial charge < -0.3 is 24.6 Å². The van der Waals surface area contributed by atoms with Crippen LogP contribution in [0.2, 0.25) is 0 Å². The van der Waals surface area contributed by atoms with E-state index in [-0.39, 0.29) is 40.9 Å². The SMILES string of the molecule is CCOCCN1C(C(Oc2ccc(C(=O)O)cc2)C(=O)Nc2ccccc2OC)=Nc2ccccc2S1(=O)=O.